The van der Waals surface area contributed by atoms with E-state index in [1.165, 1.54) is 11.1 Å². The molecule has 0 radical (unpaired) electrons. The average Bonchev–Trinajstić information content (AvgIpc) is 1.99. The first kappa shape index (κ1) is 12.7. The van der Waals surface area contributed by atoms with Gasteiger partial charge in [-0.25, -0.2) is 0 Å². The molecule has 1 aromatic carbocycles. The number of nitrogens with two attached hydrogens (primary N) is 1. The number of halogens is 1. The Morgan fingerprint density at radius 3 is 2.27 bits per heavy atom. The van der Waals surface area contributed by atoms with Gasteiger partial charge in [-0.15, -0.1) is 0 Å². The number of rotatable bonds is 2. The van der Waals surface area contributed by atoms with E-state index >= 15 is 0 Å². The highest BCUT2D eigenvalue weighted by Crippen LogP contribution is 2.33. The van der Waals surface area contributed by atoms with E-state index in [1.54, 1.807) is 0 Å². The van der Waals surface area contributed by atoms with Gasteiger partial charge in [0.25, 0.3) is 0 Å². The summed E-state index contributed by atoms with van der Waals surface area (Å²) in [5.74, 6) is 5.63. The van der Waals surface area contributed by atoms with Crippen LogP contribution in [0, 0.1) is 12.3 Å². The molecule has 0 spiro atoms. The Morgan fingerprint density at radius 1 is 1.27 bits per heavy atom. The first-order valence-electron chi connectivity index (χ1n) is 5.08. The molecule has 3 heteroatoms. The maximum Gasteiger partial charge on any atom is 0.0508 e. The van der Waals surface area contributed by atoms with Crippen molar-refractivity contribution in [2.24, 2.45) is 11.3 Å². The van der Waals surface area contributed by atoms with Crippen LogP contribution in [0.2, 0.25) is 0 Å². The molecule has 1 aromatic rings. The quantitative estimate of drug-likeness (QED) is 0.639. The van der Waals surface area contributed by atoms with Crippen LogP contribution >= 0.6 is 15.9 Å². The average molecular weight is 271 g/mol. The zero-order valence-corrected chi connectivity index (χ0v) is 11.4. The standard InChI is InChI=1S/C12H19BrN2/c1-8-5-9(7-10(13)6-8)11(15-14)12(2,3)4/h5-7,11,15H,14H2,1-4H3. The van der Waals surface area contributed by atoms with Gasteiger partial charge >= 0.3 is 0 Å². The second kappa shape index (κ2) is 4.64. The molecule has 0 aliphatic heterocycles. The lowest BCUT2D eigenvalue weighted by atomic mass is 9.82. The smallest absolute Gasteiger partial charge is 0.0508 e. The van der Waals surface area contributed by atoms with E-state index in [4.69, 9.17) is 5.84 Å². The molecule has 0 fully saturated rings. The molecule has 1 atom stereocenters. The van der Waals surface area contributed by atoms with E-state index in [-0.39, 0.29) is 11.5 Å². The van der Waals surface area contributed by atoms with E-state index in [0.717, 1.165) is 4.47 Å². The molecule has 15 heavy (non-hydrogen) atoms. The van der Waals surface area contributed by atoms with E-state index in [2.05, 4.69) is 67.2 Å². The Hall–Kier alpha value is -0.380. The Bertz CT molecular complexity index is 322. The summed E-state index contributed by atoms with van der Waals surface area (Å²) in [4.78, 5) is 0. The highest BCUT2D eigenvalue weighted by Gasteiger charge is 2.25. The maximum absolute atomic E-state index is 5.63. The van der Waals surface area contributed by atoms with Crippen LogP contribution < -0.4 is 11.3 Å². The predicted molar refractivity (Wildman–Crippen MR) is 68.4 cm³/mol. The second-order valence-corrected chi connectivity index (χ2v) is 5.94. The van der Waals surface area contributed by atoms with Gasteiger partial charge in [-0.1, -0.05) is 42.8 Å². The van der Waals surface area contributed by atoms with Gasteiger partial charge in [-0.3, -0.25) is 11.3 Å². The van der Waals surface area contributed by atoms with Crippen molar-refractivity contribution in [1.29, 1.82) is 0 Å². The normalized spacial score (nSPS) is 14.0. The summed E-state index contributed by atoms with van der Waals surface area (Å²) in [5, 5.41) is 0. The fourth-order valence-electron chi connectivity index (χ4n) is 1.78. The number of hydrogen-bond donors (Lipinski definition) is 2. The highest BCUT2D eigenvalue weighted by molar-refractivity contribution is 9.10. The van der Waals surface area contributed by atoms with Crippen LogP contribution in [-0.2, 0) is 0 Å². The van der Waals surface area contributed by atoms with Crippen LogP contribution in [0.1, 0.15) is 37.9 Å². The fraction of sp³-hybridized carbons (Fsp3) is 0.500. The molecule has 84 valence electrons. The van der Waals surface area contributed by atoms with Gasteiger partial charge < -0.3 is 0 Å². The molecule has 0 aromatic heterocycles. The molecule has 0 saturated heterocycles. The van der Waals surface area contributed by atoms with Crippen molar-refractivity contribution in [2.45, 2.75) is 33.7 Å². The number of aryl methyl sites for hydroxylation is 1. The summed E-state index contributed by atoms with van der Waals surface area (Å²) in [5.41, 5.74) is 5.45. The van der Waals surface area contributed by atoms with Crippen molar-refractivity contribution in [3.8, 4) is 0 Å². The van der Waals surface area contributed by atoms with Crippen molar-refractivity contribution in [2.75, 3.05) is 0 Å². The molecule has 1 rings (SSSR count). The highest BCUT2D eigenvalue weighted by atomic mass is 79.9. The molecule has 2 nitrogen and oxygen atoms in total. The number of hydrazine groups is 1. The number of benzene rings is 1. The SMILES string of the molecule is Cc1cc(Br)cc(C(NN)C(C)(C)C)c1. The first-order valence-corrected chi connectivity index (χ1v) is 5.87. The van der Waals surface area contributed by atoms with Gasteiger partial charge in [0.05, 0.1) is 6.04 Å². The lowest BCUT2D eigenvalue weighted by Crippen LogP contribution is -2.36. The van der Waals surface area contributed by atoms with Crippen LogP contribution in [-0.4, -0.2) is 0 Å². The van der Waals surface area contributed by atoms with Gasteiger partial charge in [0, 0.05) is 4.47 Å². The van der Waals surface area contributed by atoms with Crippen molar-refractivity contribution in [1.82, 2.24) is 5.43 Å². The molecule has 0 saturated carbocycles. The van der Waals surface area contributed by atoms with E-state index in [9.17, 15) is 0 Å². The Morgan fingerprint density at radius 2 is 1.87 bits per heavy atom. The van der Waals surface area contributed by atoms with Crippen molar-refractivity contribution >= 4 is 15.9 Å². The van der Waals surface area contributed by atoms with Gasteiger partial charge in [-0.2, -0.15) is 0 Å². The molecule has 1 unspecified atom stereocenters. The molecule has 0 bridgehead atoms. The summed E-state index contributed by atoms with van der Waals surface area (Å²) in [6, 6.07) is 6.54. The van der Waals surface area contributed by atoms with Crippen LogP contribution in [0.25, 0.3) is 0 Å². The Labute approximate surface area is 100 Å². The van der Waals surface area contributed by atoms with Gasteiger partial charge in [0.2, 0.25) is 0 Å². The lowest BCUT2D eigenvalue weighted by Gasteiger charge is -2.30. The molecule has 0 heterocycles. The lowest BCUT2D eigenvalue weighted by molar-refractivity contribution is 0.275. The van der Waals surface area contributed by atoms with E-state index < -0.39 is 0 Å². The molecule has 0 amide bonds. The van der Waals surface area contributed by atoms with Crippen LogP contribution in [0.5, 0.6) is 0 Å². The zero-order chi connectivity index (χ0) is 11.6. The predicted octanol–water partition coefficient (Wildman–Crippen LogP) is 3.31. The summed E-state index contributed by atoms with van der Waals surface area (Å²) in [7, 11) is 0. The summed E-state index contributed by atoms with van der Waals surface area (Å²) in [6.45, 7) is 8.61. The summed E-state index contributed by atoms with van der Waals surface area (Å²) < 4.78 is 1.10. The Balaban J connectivity index is 3.13. The minimum absolute atomic E-state index is 0.0992. The minimum atomic E-state index is 0.0992. The van der Waals surface area contributed by atoms with Crippen molar-refractivity contribution in [3.05, 3.63) is 33.8 Å². The number of hydrogen-bond acceptors (Lipinski definition) is 2. The Kier molecular flexibility index (Phi) is 3.93. The maximum atomic E-state index is 5.63. The first-order chi connectivity index (χ1) is 6.84. The van der Waals surface area contributed by atoms with Crippen LogP contribution in [0.15, 0.2) is 22.7 Å². The molecule has 3 N–H and O–H groups in total. The molecular formula is C12H19BrN2. The van der Waals surface area contributed by atoms with Gasteiger partial charge in [-0.05, 0) is 35.6 Å². The van der Waals surface area contributed by atoms with Gasteiger partial charge in [0.1, 0.15) is 0 Å². The van der Waals surface area contributed by atoms with E-state index in [1.807, 2.05) is 0 Å². The summed E-state index contributed by atoms with van der Waals surface area (Å²) >= 11 is 3.51. The molecule has 0 aliphatic carbocycles. The van der Waals surface area contributed by atoms with Crippen LogP contribution in [0.3, 0.4) is 0 Å². The third-order valence-electron chi connectivity index (χ3n) is 2.43. The van der Waals surface area contributed by atoms with Crippen LogP contribution in [0.4, 0.5) is 0 Å². The monoisotopic (exact) mass is 270 g/mol. The topological polar surface area (TPSA) is 38.0 Å². The van der Waals surface area contributed by atoms with E-state index in [0.29, 0.717) is 0 Å². The largest absolute Gasteiger partial charge is 0.271 e. The number of nitrogens with one attached hydrogen (secondary N) is 1. The second-order valence-electron chi connectivity index (χ2n) is 5.03. The minimum Gasteiger partial charge on any atom is -0.271 e. The third kappa shape index (κ3) is 3.30. The van der Waals surface area contributed by atoms with Crippen molar-refractivity contribution < 1.29 is 0 Å². The fourth-order valence-corrected chi connectivity index (χ4v) is 2.40. The zero-order valence-electron chi connectivity index (χ0n) is 9.76. The molecule has 0 aliphatic rings. The molecular weight excluding hydrogens is 252 g/mol. The van der Waals surface area contributed by atoms with Crippen molar-refractivity contribution in [3.63, 3.8) is 0 Å². The summed E-state index contributed by atoms with van der Waals surface area (Å²) in [6.07, 6.45) is 0. The van der Waals surface area contributed by atoms with Gasteiger partial charge in [0.15, 0.2) is 0 Å². The third-order valence-corrected chi connectivity index (χ3v) is 2.89.